The van der Waals surface area contributed by atoms with E-state index in [4.69, 9.17) is 11.6 Å². The van der Waals surface area contributed by atoms with E-state index in [1.807, 2.05) is 17.5 Å². The van der Waals surface area contributed by atoms with Crippen LogP contribution >= 0.6 is 34.5 Å². The maximum atomic E-state index is 11.9. The number of rotatable bonds is 4. The molecule has 8 heteroatoms. The van der Waals surface area contributed by atoms with Crippen molar-refractivity contribution in [2.24, 2.45) is 0 Å². The highest BCUT2D eigenvalue weighted by Crippen LogP contribution is 2.24. The molecule has 0 saturated heterocycles. The average Bonchev–Trinajstić information content (AvgIpc) is 3.16. The van der Waals surface area contributed by atoms with Crippen molar-refractivity contribution >= 4 is 45.5 Å². The lowest BCUT2D eigenvalue weighted by Gasteiger charge is -2.04. The number of amides is 1. The predicted molar refractivity (Wildman–Crippen MR) is 85.8 cm³/mol. The molecule has 1 aromatic carbocycles. The zero-order chi connectivity index (χ0) is 14.7. The van der Waals surface area contributed by atoms with Crippen molar-refractivity contribution in [3.05, 3.63) is 52.4 Å². The minimum absolute atomic E-state index is 0.264. The summed E-state index contributed by atoms with van der Waals surface area (Å²) in [6.45, 7) is 0. The molecule has 0 unspecified atom stereocenters. The van der Waals surface area contributed by atoms with Gasteiger partial charge in [-0.15, -0.1) is 11.3 Å². The van der Waals surface area contributed by atoms with Gasteiger partial charge in [0.15, 0.2) is 5.82 Å². The first kappa shape index (κ1) is 14.0. The fourth-order valence-electron chi connectivity index (χ4n) is 1.56. The molecular formula is C13H9ClN4OS2. The van der Waals surface area contributed by atoms with Gasteiger partial charge in [-0.3, -0.25) is 15.6 Å². The summed E-state index contributed by atoms with van der Waals surface area (Å²) in [4.78, 5) is 17.2. The molecule has 0 aliphatic heterocycles. The molecule has 3 aromatic rings. The molecule has 2 aromatic heterocycles. The lowest BCUT2D eigenvalue weighted by molar-refractivity contribution is 0.0962. The first-order valence-electron chi connectivity index (χ1n) is 5.92. The van der Waals surface area contributed by atoms with Crippen LogP contribution in [0.25, 0.3) is 10.7 Å². The molecule has 0 bridgehead atoms. The van der Waals surface area contributed by atoms with Crippen LogP contribution in [0.1, 0.15) is 10.4 Å². The molecule has 0 saturated carbocycles. The highest BCUT2D eigenvalue weighted by Gasteiger charge is 2.09. The van der Waals surface area contributed by atoms with E-state index in [0.29, 0.717) is 21.5 Å². The zero-order valence-corrected chi connectivity index (χ0v) is 12.9. The molecule has 21 heavy (non-hydrogen) atoms. The Kier molecular flexibility index (Phi) is 4.14. The molecule has 0 atom stereocenters. The summed E-state index contributed by atoms with van der Waals surface area (Å²) in [7, 11) is 0. The largest absolute Gasteiger partial charge is 0.272 e. The Hall–Kier alpha value is -1.96. The number of hydrogen-bond donors (Lipinski definition) is 2. The Morgan fingerprint density at radius 1 is 1.19 bits per heavy atom. The maximum Gasteiger partial charge on any atom is 0.269 e. The van der Waals surface area contributed by atoms with Gasteiger partial charge in [0.05, 0.1) is 4.88 Å². The highest BCUT2D eigenvalue weighted by molar-refractivity contribution is 7.14. The maximum absolute atomic E-state index is 11.9. The average molecular weight is 337 g/mol. The van der Waals surface area contributed by atoms with E-state index in [-0.39, 0.29) is 5.91 Å². The van der Waals surface area contributed by atoms with Gasteiger partial charge in [0.1, 0.15) is 0 Å². The number of nitrogens with one attached hydrogen (secondary N) is 2. The van der Waals surface area contributed by atoms with Gasteiger partial charge in [0.2, 0.25) is 5.13 Å². The number of thiophene rings is 1. The first-order valence-corrected chi connectivity index (χ1v) is 7.95. The molecule has 2 heterocycles. The Balaban J connectivity index is 1.62. The van der Waals surface area contributed by atoms with Crippen LogP contribution in [0.3, 0.4) is 0 Å². The summed E-state index contributed by atoms with van der Waals surface area (Å²) in [5.41, 5.74) is 5.84. The summed E-state index contributed by atoms with van der Waals surface area (Å²) in [5.74, 6) is 0.387. The topological polar surface area (TPSA) is 66.9 Å². The van der Waals surface area contributed by atoms with Crippen LogP contribution in [0.4, 0.5) is 5.13 Å². The molecule has 0 fully saturated rings. The quantitative estimate of drug-likeness (QED) is 0.713. The lowest BCUT2D eigenvalue weighted by atomic mass is 10.2. The second-order valence-electron chi connectivity index (χ2n) is 3.99. The van der Waals surface area contributed by atoms with E-state index in [2.05, 4.69) is 20.2 Å². The van der Waals surface area contributed by atoms with E-state index in [1.54, 1.807) is 35.6 Å². The fourth-order valence-corrected chi connectivity index (χ4v) is 2.94. The SMILES string of the molecule is O=C(NNc1nc(-c2cccs2)ns1)c1ccc(Cl)cc1. The zero-order valence-electron chi connectivity index (χ0n) is 10.5. The van der Waals surface area contributed by atoms with Crippen molar-refractivity contribution < 1.29 is 4.79 Å². The normalized spacial score (nSPS) is 10.3. The number of nitrogens with zero attached hydrogens (tertiary/aromatic N) is 2. The molecule has 5 nitrogen and oxygen atoms in total. The van der Waals surface area contributed by atoms with E-state index in [9.17, 15) is 4.79 Å². The highest BCUT2D eigenvalue weighted by atomic mass is 35.5. The predicted octanol–water partition coefficient (Wildman–Crippen LogP) is 3.68. The summed E-state index contributed by atoms with van der Waals surface area (Å²) >= 11 is 8.53. The molecule has 2 N–H and O–H groups in total. The first-order chi connectivity index (χ1) is 10.2. The number of aromatic nitrogens is 2. The minimum atomic E-state index is -0.264. The van der Waals surface area contributed by atoms with E-state index >= 15 is 0 Å². The molecule has 0 aliphatic rings. The molecule has 0 aliphatic carbocycles. The van der Waals surface area contributed by atoms with Gasteiger partial charge in [-0.1, -0.05) is 17.7 Å². The van der Waals surface area contributed by atoms with Crippen molar-refractivity contribution in [2.45, 2.75) is 0 Å². The summed E-state index contributed by atoms with van der Waals surface area (Å²) in [5, 5.41) is 3.08. The Morgan fingerprint density at radius 3 is 2.71 bits per heavy atom. The van der Waals surface area contributed by atoms with Crippen molar-refractivity contribution in [1.29, 1.82) is 0 Å². The van der Waals surface area contributed by atoms with Gasteiger partial charge in [-0.2, -0.15) is 9.36 Å². The van der Waals surface area contributed by atoms with Crippen LogP contribution in [-0.2, 0) is 0 Å². The van der Waals surface area contributed by atoms with Gasteiger partial charge in [-0.05, 0) is 35.7 Å². The number of benzene rings is 1. The minimum Gasteiger partial charge on any atom is -0.272 e. The molecule has 0 radical (unpaired) electrons. The number of halogens is 1. The number of hydrogen-bond acceptors (Lipinski definition) is 6. The number of carbonyl (C=O) groups is 1. The van der Waals surface area contributed by atoms with Gasteiger partial charge in [0, 0.05) is 22.1 Å². The summed E-state index contributed by atoms with van der Waals surface area (Å²) < 4.78 is 4.23. The van der Waals surface area contributed by atoms with Crippen molar-refractivity contribution in [3.8, 4) is 10.7 Å². The second-order valence-corrected chi connectivity index (χ2v) is 6.12. The van der Waals surface area contributed by atoms with Gasteiger partial charge in [-0.25, -0.2) is 0 Å². The van der Waals surface area contributed by atoms with Crippen molar-refractivity contribution in [2.75, 3.05) is 5.43 Å². The smallest absolute Gasteiger partial charge is 0.269 e. The lowest BCUT2D eigenvalue weighted by Crippen LogP contribution is -2.29. The van der Waals surface area contributed by atoms with Crippen LogP contribution in [-0.4, -0.2) is 15.3 Å². The van der Waals surface area contributed by atoms with Gasteiger partial charge in [0.25, 0.3) is 5.91 Å². The van der Waals surface area contributed by atoms with Crippen molar-refractivity contribution in [3.63, 3.8) is 0 Å². The molecular weight excluding hydrogens is 328 g/mol. The number of anilines is 1. The van der Waals surface area contributed by atoms with E-state index < -0.39 is 0 Å². The Bertz CT molecular complexity index is 740. The molecule has 1 amide bonds. The van der Waals surface area contributed by atoms with Gasteiger partial charge >= 0.3 is 0 Å². The Morgan fingerprint density at radius 2 is 2.00 bits per heavy atom. The van der Waals surface area contributed by atoms with Crippen LogP contribution in [0.2, 0.25) is 5.02 Å². The third-order valence-corrected chi connectivity index (χ3v) is 4.31. The monoisotopic (exact) mass is 336 g/mol. The summed E-state index contributed by atoms with van der Waals surface area (Å²) in [6, 6.07) is 10.5. The van der Waals surface area contributed by atoms with Crippen LogP contribution in [0.5, 0.6) is 0 Å². The number of carbonyl (C=O) groups excluding carboxylic acids is 1. The molecule has 106 valence electrons. The summed E-state index contributed by atoms with van der Waals surface area (Å²) in [6.07, 6.45) is 0. The van der Waals surface area contributed by atoms with Crippen molar-refractivity contribution in [1.82, 2.24) is 14.8 Å². The van der Waals surface area contributed by atoms with Crippen LogP contribution in [0, 0.1) is 0 Å². The van der Waals surface area contributed by atoms with Gasteiger partial charge < -0.3 is 0 Å². The second kappa shape index (κ2) is 6.21. The van der Waals surface area contributed by atoms with Crippen LogP contribution in [0.15, 0.2) is 41.8 Å². The van der Waals surface area contributed by atoms with E-state index in [1.165, 1.54) is 11.5 Å². The fraction of sp³-hybridized carbons (Fsp3) is 0. The third-order valence-electron chi connectivity index (χ3n) is 2.56. The third kappa shape index (κ3) is 3.38. The molecule has 0 spiro atoms. The van der Waals surface area contributed by atoms with Crippen LogP contribution < -0.4 is 10.9 Å². The number of hydrazine groups is 1. The van der Waals surface area contributed by atoms with E-state index in [0.717, 1.165) is 4.88 Å². The standard InChI is InChI=1S/C13H9ClN4OS2/c14-9-5-3-8(4-6-9)12(19)16-17-13-15-11(18-21-13)10-2-1-7-20-10/h1-7H,(H,16,19)(H,15,17,18). The molecule has 3 rings (SSSR count). The Labute approximate surface area is 133 Å².